The van der Waals surface area contributed by atoms with Crippen molar-refractivity contribution in [2.75, 3.05) is 11.9 Å². The molecule has 144 valence electrons. The standard InChI is InChI=1S/C23H28ClNO2/c1-4-27-21-16(2)14-20(15-17(21)3)25-22(26)23(12-6-5-7-13-23)18-8-10-19(24)11-9-18/h8-11,14-15H,4-7,12-13H2,1-3H3,(H,25,26). The molecule has 0 saturated heterocycles. The second kappa shape index (κ2) is 8.35. The minimum atomic E-state index is -0.483. The normalized spacial score (nSPS) is 16.0. The molecule has 0 radical (unpaired) electrons. The summed E-state index contributed by atoms with van der Waals surface area (Å²) in [5.74, 6) is 0.980. The van der Waals surface area contributed by atoms with Crippen molar-refractivity contribution >= 4 is 23.2 Å². The van der Waals surface area contributed by atoms with Gasteiger partial charge in [0, 0.05) is 10.7 Å². The summed E-state index contributed by atoms with van der Waals surface area (Å²) in [6.07, 6.45) is 5.06. The lowest BCUT2D eigenvalue weighted by Gasteiger charge is -2.36. The van der Waals surface area contributed by atoms with E-state index in [1.165, 1.54) is 6.42 Å². The molecular weight excluding hydrogens is 358 g/mol. The molecule has 1 fully saturated rings. The van der Waals surface area contributed by atoms with E-state index >= 15 is 0 Å². The fourth-order valence-electron chi connectivity index (χ4n) is 4.22. The minimum Gasteiger partial charge on any atom is -0.493 e. The molecule has 0 heterocycles. The van der Waals surface area contributed by atoms with Crippen LogP contribution in [0.4, 0.5) is 5.69 Å². The summed E-state index contributed by atoms with van der Waals surface area (Å²) in [4.78, 5) is 13.4. The van der Waals surface area contributed by atoms with Gasteiger partial charge in [0.15, 0.2) is 0 Å². The number of hydrogen-bond donors (Lipinski definition) is 1. The van der Waals surface area contributed by atoms with Gasteiger partial charge in [-0.05, 0) is 74.6 Å². The molecule has 1 aliphatic carbocycles. The highest BCUT2D eigenvalue weighted by Gasteiger charge is 2.41. The highest BCUT2D eigenvalue weighted by molar-refractivity contribution is 6.30. The topological polar surface area (TPSA) is 38.3 Å². The van der Waals surface area contributed by atoms with Crippen LogP contribution in [0.5, 0.6) is 5.75 Å². The van der Waals surface area contributed by atoms with E-state index in [-0.39, 0.29) is 5.91 Å². The van der Waals surface area contributed by atoms with Gasteiger partial charge in [0.25, 0.3) is 0 Å². The molecule has 27 heavy (non-hydrogen) atoms. The first-order valence-electron chi connectivity index (χ1n) is 9.78. The highest BCUT2D eigenvalue weighted by Crippen LogP contribution is 2.41. The van der Waals surface area contributed by atoms with E-state index in [0.29, 0.717) is 11.6 Å². The second-order valence-electron chi connectivity index (χ2n) is 7.48. The minimum absolute atomic E-state index is 0.0764. The molecule has 2 aromatic rings. The molecule has 3 rings (SSSR count). The van der Waals surface area contributed by atoms with Crippen LogP contribution in [-0.2, 0) is 10.2 Å². The van der Waals surface area contributed by atoms with Gasteiger partial charge in [-0.25, -0.2) is 0 Å². The molecule has 0 aliphatic heterocycles. The van der Waals surface area contributed by atoms with Crippen molar-refractivity contribution < 1.29 is 9.53 Å². The third-order valence-corrected chi connectivity index (χ3v) is 5.80. The van der Waals surface area contributed by atoms with Crippen LogP contribution in [0.1, 0.15) is 55.7 Å². The number of ether oxygens (including phenoxy) is 1. The van der Waals surface area contributed by atoms with Crippen LogP contribution >= 0.6 is 11.6 Å². The van der Waals surface area contributed by atoms with Crippen LogP contribution in [-0.4, -0.2) is 12.5 Å². The molecule has 3 nitrogen and oxygen atoms in total. The number of carbonyl (C=O) groups excluding carboxylic acids is 1. The number of carbonyl (C=O) groups is 1. The molecule has 2 aromatic carbocycles. The van der Waals surface area contributed by atoms with Crippen molar-refractivity contribution in [2.24, 2.45) is 0 Å². The number of rotatable bonds is 5. The van der Waals surface area contributed by atoms with E-state index in [9.17, 15) is 4.79 Å². The lowest BCUT2D eigenvalue weighted by molar-refractivity contribution is -0.122. The number of hydrogen-bond acceptors (Lipinski definition) is 2. The van der Waals surface area contributed by atoms with Crippen LogP contribution < -0.4 is 10.1 Å². The van der Waals surface area contributed by atoms with E-state index in [1.54, 1.807) is 0 Å². The number of nitrogens with one attached hydrogen (secondary N) is 1. The summed E-state index contributed by atoms with van der Waals surface area (Å²) in [7, 11) is 0. The van der Waals surface area contributed by atoms with Crippen molar-refractivity contribution in [1.82, 2.24) is 0 Å². The van der Waals surface area contributed by atoms with Crippen LogP contribution in [0.2, 0.25) is 5.02 Å². The first kappa shape index (κ1) is 19.8. The zero-order valence-corrected chi connectivity index (χ0v) is 17.2. The Morgan fingerprint density at radius 2 is 1.67 bits per heavy atom. The predicted molar refractivity (Wildman–Crippen MR) is 112 cm³/mol. The number of benzene rings is 2. The molecule has 0 bridgehead atoms. The second-order valence-corrected chi connectivity index (χ2v) is 7.91. The molecule has 0 spiro atoms. The number of halogens is 1. The summed E-state index contributed by atoms with van der Waals surface area (Å²) in [6.45, 7) is 6.65. The Hall–Kier alpha value is -2.00. The Bertz CT molecular complexity index is 785. The predicted octanol–water partition coefficient (Wildman–Crippen LogP) is 6.20. The molecule has 1 saturated carbocycles. The Balaban J connectivity index is 1.90. The molecular formula is C23H28ClNO2. The fourth-order valence-corrected chi connectivity index (χ4v) is 4.34. The zero-order chi connectivity index (χ0) is 19.4. The molecule has 1 aliphatic rings. The number of amides is 1. The van der Waals surface area contributed by atoms with Gasteiger partial charge in [0.1, 0.15) is 5.75 Å². The summed E-state index contributed by atoms with van der Waals surface area (Å²) >= 11 is 6.07. The Morgan fingerprint density at radius 3 is 2.22 bits per heavy atom. The van der Waals surface area contributed by atoms with Gasteiger partial charge >= 0.3 is 0 Å². The zero-order valence-electron chi connectivity index (χ0n) is 16.4. The molecule has 0 unspecified atom stereocenters. The van der Waals surface area contributed by atoms with Crippen molar-refractivity contribution in [3.05, 3.63) is 58.1 Å². The van der Waals surface area contributed by atoms with Crippen molar-refractivity contribution in [2.45, 2.75) is 58.3 Å². The van der Waals surface area contributed by atoms with Gasteiger partial charge in [-0.15, -0.1) is 0 Å². The Labute approximate surface area is 167 Å². The molecule has 1 amide bonds. The summed E-state index contributed by atoms with van der Waals surface area (Å²) in [5.41, 5.74) is 3.48. The van der Waals surface area contributed by atoms with Crippen LogP contribution in [0.25, 0.3) is 0 Å². The molecule has 0 atom stereocenters. The molecule has 0 aromatic heterocycles. The SMILES string of the molecule is CCOc1c(C)cc(NC(=O)C2(c3ccc(Cl)cc3)CCCCC2)cc1C. The summed E-state index contributed by atoms with van der Waals surface area (Å²) in [6, 6.07) is 11.8. The van der Waals surface area contributed by atoms with Gasteiger partial charge in [-0.1, -0.05) is 43.0 Å². The van der Waals surface area contributed by atoms with Crippen LogP contribution in [0.15, 0.2) is 36.4 Å². The van der Waals surface area contributed by atoms with E-state index < -0.39 is 5.41 Å². The fraction of sp³-hybridized carbons (Fsp3) is 0.435. The largest absolute Gasteiger partial charge is 0.493 e. The smallest absolute Gasteiger partial charge is 0.235 e. The Morgan fingerprint density at radius 1 is 1.07 bits per heavy atom. The molecule has 4 heteroatoms. The van der Waals surface area contributed by atoms with Crippen LogP contribution in [0, 0.1) is 13.8 Å². The van der Waals surface area contributed by atoms with E-state index in [4.69, 9.17) is 16.3 Å². The maximum absolute atomic E-state index is 13.4. The number of aryl methyl sites for hydroxylation is 2. The quantitative estimate of drug-likeness (QED) is 0.665. The highest BCUT2D eigenvalue weighted by atomic mass is 35.5. The first-order chi connectivity index (χ1) is 13.0. The monoisotopic (exact) mass is 385 g/mol. The third-order valence-electron chi connectivity index (χ3n) is 5.55. The lowest BCUT2D eigenvalue weighted by Crippen LogP contribution is -2.42. The van der Waals surface area contributed by atoms with Gasteiger partial charge < -0.3 is 10.1 Å². The van der Waals surface area contributed by atoms with E-state index in [1.807, 2.05) is 57.2 Å². The maximum Gasteiger partial charge on any atom is 0.235 e. The summed E-state index contributed by atoms with van der Waals surface area (Å²) in [5, 5.41) is 3.89. The average Bonchev–Trinajstić information content (AvgIpc) is 2.66. The lowest BCUT2D eigenvalue weighted by atomic mass is 9.68. The van der Waals surface area contributed by atoms with Crippen molar-refractivity contribution in [3.63, 3.8) is 0 Å². The third kappa shape index (κ3) is 4.14. The maximum atomic E-state index is 13.4. The van der Waals surface area contributed by atoms with Gasteiger partial charge in [-0.2, -0.15) is 0 Å². The van der Waals surface area contributed by atoms with Gasteiger partial charge in [-0.3, -0.25) is 4.79 Å². The van der Waals surface area contributed by atoms with Gasteiger partial charge in [0.05, 0.1) is 12.0 Å². The van der Waals surface area contributed by atoms with Gasteiger partial charge in [0.2, 0.25) is 5.91 Å². The molecule has 1 N–H and O–H groups in total. The van der Waals surface area contributed by atoms with E-state index in [0.717, 1.165) is 53.8 Å². The van der Waals surface area contributed by atoms with Crippen LogP contribution in [0.3, 0.4) is 0 Å². The Kier molecular flexibility index (Phi) is 6.11. The first-order valence-corrected chi connectivity index (χ1v) is 10.2. The van der Waals surface area contributed by atoms with Crippen molar-refractivity contribution in [3.8, 4) is 5.75 Å². The number of anilines is 1. The average molecular weight is 386 g/mol. The summed E-state index contributed by atoms with van der Waals surface area (Å²) < 4.78 is 5.72. The van der Waals surface area contributed by atoms with Crippen molar-refractivity contribution in [1.29, 1.82) is 0 Å². The van der Waals surface area contributed by atoms with E-state index in [2.05, 4.69) is 5.32 Å².